The Bertz CT molecular complexity index is 736. The van der Waals surface area contributed by atoms with Crippen molar-refractivity contribution < 1.29 is 22.4 Å². The topological polar surface area (TPSA) is 46.3 Å². The van der Waals surface area contributed by atoms with Crippen LogP contribution in [-0.2, 0) is 6.18 Å². The quantitative estimate of drug-likeness (QED) is 0.771. The fourth-order valence-corrected chi connectivity index (χ4v) is 2.31. The van der Waals surface area contributed by atoms with Crippen molar-refractivity contribution in [3.05, 3.63) is 64.4 Å². The molecule has 0 heterocycles. The van der Waals surface area contributed by atoms with E-state index in [-0.39, 0.29) is 25.5 Å². The molecule has 2 rings (SSSR count). The summed E-state index contributed by atoms with van der Waals surface area (Å²) in [5, 5.41) is 0.414. The number of benzene rings is 2. The number of carbonyl (C=O) groups excluding carboxylic acids is 1. The maximum absolute atomic E-state index is 13.2. The Hall–Kier alpha value is -1.83. The summed E-state index contributed by atoms with van der Waals surface area (Å²) in [5.74, 6) is -1.99. The van der Waals surface area contributed by atoms with Crippen LogP contribution in [0, 0.1) is 5.82 Å². The first-order valence-electron chi connectivity index (χ1n) is 6.88. The number of rotatable bonds is 4. The van der Waals surface area contributed by atoms with Gasteiger partial charge in [0.05, 0.1) is 11.1 Å². The van der Waals surface area contributed by atoms with Crippen LogP contribution in [-0.4, -0.2) is 19.0 Å². The molecule has 0 unspecified atom stereocenters. The van der Waals surface area contributed by atoms with Crippen molar-refractivity contribution in [2.24, 2.45) is 5.73 Å². The normalized spacial score (nSPS) is 11.0. The van der Waals surface area contributed by atoms with Crippen LogP contribution in [0.3, 0.4) is 0 Å². The Kier molecular flexibility index (Phi) is 7.22. The fourth-order valence-electron chi connectivity index (χ4n) is 2.18. The highest BCUT2D eigenvalue weighted by Crippen LogP contribution is 2.33. The van der Waals surface area contributed by atoms with Crippen LogP contribution in [0.2, 0.25) is 5.02 Å². The molecule has 2 N–H and O–H groups in total. The minimum Gasteiger partial charge on any atom is -0.329 e. The SMILES string of the molecule is Cl.NCCN(C(=O)c1ccc(F)cc1C(F)(F)F)c1ccc(Cl)cc1. The molecule has 0 atom stereocenters. The monoisotopic (exact) mass is 396 g/mol. The maximum Gasteiger partial charge on any atom is 0.417 e. The number of halogens is 6. The van der Waals surface area contributed by atoms with E-state index in [1.54, 1.807) is 0 Å². The molecule has 0 aliphatic carbocycles. The van der Waals surface area contributed by atoms with Crippen LogP contribution >= 0.6 is 24.0 Å². The summed E-state index contributed by atoms with van der Waals surface area (Å²) in [6.45, 7) is 0.0338. The third-order valence-electron chi connectivity index (χ3n) is 3.25. The maximum atomic E-state index is 13.2. The lowest BCUT2D eigenvalue weighted by molar-refractivity contribution is -0.138. The highest BCUT2D eigenvalue weighted by molar-refractivity contribution is 6.30. The van der Waals surface area contributed by atoms with Gasteiger partial charge in [0.25, 0.3) is 5.91 Å². The van der Waals surface area contributed by atoms with Crippen LogP contribution in [0.15, 0.2) is 42.5 Å². The van der Waals surface area contributed by atoms with Crippen molar-refractivity contribution in [3.8, 4) is 0 Å². The van der Waals surface area contributed by atoms with E-state index in [4.69, 9.17) is 17.3 Å². The van der Waals surface area contributed by atoms with Crippen LogP contribution in [0.25, 0.3) is 0 Å². The molecule has 0 aliphatic heterocycles. The molecular formula is C16H14Cl2F4N2O. The first kappa shape index (κ1) is 21.2. The largest absolute Gasteiger partial charge is 0.417 e. The molecule has 0 saturated carbocycles. The summed E-state index contributed by atoms with van der Waals surface area (Å²) in [4.78, 5) is 13.7. The van der Waals surface area contributed by atoms with Gasteiger partial charge in [-0.1, -0.05) is 11.6 Å². The van der Waals surface area contributed by atoms with E-state index >= 15 is 0 Å². The highest BCUT2D eigenvalue weighted by atomic mass is 35.5. The molecule has 3 nitrogen and oxygen atoms in total. The number of anilines is 1. The van der Waals surface area contributed by atoms with Gasteiger partial charge in [-0.3, -0.25) is 4.79 Å². The fraction of sp³-hybridized carbons (Fsp3) is 0.188. The first-order valence-corrected chi connectivity index (χ1v) is 7.26. The van der Waals surface area contributed by atoms with E-state index in [0.717, 1.165) is 17.0 Å². The van der Waals surface area contributed by atoms with Gasteiger partial charge in [-0.25, -0.2) is 4.39 Å². The molecule has 0 aliphatic rings. The Morgan fingerprint density at radius 3 is 2.24 bits per heavy atom. The Labute approximate surface area is 152 Å². The van der Waals surface area contributed by atoms with Crippen molar-refractivity contribution >= 4 is 35.6 Å². The number of amides is 1. The van der Waals surface area contributed by atoms with Crippen LogP contribution < -0.4 is 10.6 Å². The molecular weight excluding hydrogens is 383 g/mol. The second kappa shape index (κ2) is 8.51. The lowest BCUT2D eigenvalue weighted by Crippen LogP contribution is -2.36. The van der Waals surface area contributed by atoms with Gasteiger partial charge < -0.3 is 10.6 Å². The molecule has 0 spiro atoms. The summed E-state index contributed by atoms with van der Waals surface area (Å²) in [6.07, 6.45) is -4.86. The number of hydrogen-bond donors (Lipinski definition) is 1. The number of nitrogens with two attached hydrogens (primary N) is 1. The minimum atomic E-state index is -4.86. The van der Waals surface area contributed by atoms with Crippen molar-refractivity contribution in [1.82, 2.24) is 0 Å². The van der Waals surface area contributed by atoms with E-state index in [1.807, 2.05) is 0 Å². The summed E-state index contributed by atoms with van der Waals surface area (Å²) < 4.78 is 52.5. The number of hydrogen-bond acceptors (Lipinski definition) is 2. The Balaban J connectivity index is 0.00000312. The van der Waals surface area contributed by atoms with E-state index < -0.39 is 29.0 Å². The molecule has 0 aromatic heterocycles. The molecule has 0 bridgehead atoms. The van der Waals surface area contributed by atoms with E-state index in [9.17, 15) is 22.4 Å². The summed E-state index contributed by atoms with van der Waals surface area (Å²) >= 11 is 5.77. The summed E-state index contributed by atoms with van der Waals surface area (Å²) in [7, 11) is 0. The van der Waals surface area contributed by atoms with Gasteiger partial charge in [-0.2, -0.15) is 13.2 Å². The van der Waals surface area contributed by atoms with Gasteiger partial charge in [-0.15, -0.1) is 12.4 Å². The number of alkyl halides is 3. The smallest absolute Gasteiger partial charge is 0.329 e. The number of nitrogens with zero attached hydrogens (tertiary/aromatic N) is 1. The number of carbonyl (C=O) groups is 1. The zero-order valence-corrected chi connectivity index (χ0v) is 14.3. The third-order valence-corrected chi connectivity index (χ3v) is 3.51. The lowest BCUT2D eigenvalue weighted by atomic mass is 10.0. The van der Waals surface area contributed by atoms with Crippen LogP contribution in [0.4, 0.5) is 23.2 Å². The van der Waals surface area contributed by atoms with Gasteiger partial charge in [0.15, 0.2) is 0 Å². The summed E-state index contributed by atoms with van der Waals surface area (Å²) in [5.41, 5.74) is 3.82. The first-order chi connectivity index (χ1) is 11.2. The molecule has 0 fully saturated rings. The van der Waals surface area contributed by atoms with E-state index in [1.165, 1.54) is 24.3 Å². The van der Waals surface area contributed by atoms with Gasteiger partial charge in [0, 0.05) is 23.8 Å². The van der Waals surface area contributed by atoms with Crippen molar-refractivity contribution in [3.63, 3.8) is 0 Å². The molecule has 2 aromatic rings. The third kappa shape index (κ3) is 5.07. The van der Waals surface area contributed by atoms with Crippen molar-refractivity contribution in [2.45, 2.75) is 6.18 Å². The minimum absolute atomic E-state index is 0. The zero-order chi connectivity index (χ0) is 17.9. The van der Waals surface area contributed by atoms with Gasteiger partial charge in [-0.05, 0) is 42.5 Å². The molecule has 1 amide bonds. The highest BCUT2D eigenvalue weighted by Gasteiger charge is 2.36. The van der Waals surface area contributed by atoms with E-state index in [2.05, 4.69) is 0 Å². The second-order valence-electron chi connectivity index (χ2n) is 4.91. The van der Waals surface area contributed by atoms with Gasteiger partial charge in [0.2, 0.25) is 0 Å². The molecule has 0 saturated heterocycles. The van der Waals surface area contributed by atoms with Gasteiger partial charge in [0.1, 0.15) is 5.82 Å². The van der Waals surface area contributed by atoms with Gasteiger partial charge >= 0.3 is 6.18 Å². The predicted octanol–water partition coefficient (Wildman–Crippen LogP) is 4.53. The van der Waals surface area contributed by atoms with Crippen molar-refractivity contribution in [2.75, 3.05) is 18.0 Å². The van der Waals surface area contributed by atoms with Crippen molar-refractivity contribution in [1.29, 1.82) is 0 Å². The molecule has 2 aromatic carbocycles. The average Bonchev–Trinajstić information content (AvgIpc) is 2.52. The Morgan fingerprint density at radius 1 is 1.12 bits per heavy atom. The van der Waals surface area contributed by atoms with Crippen LogP contribution in [0.5, 0.6) is 0 Å². The molecule has 136 valence electrons. The standard InChI is InChI=1S/C16H13ClF4N2O.ClH/c17-10-1-4-12(5-2-10)23(8-7-22)15(24)13-6-3-11(18)9-14(13)16(19,20)21;/h1-6,9H,7-8,22H2;1H. The predicted molar refractivity (Wildman–Crippen MR) is 90.8 cm³/mol. The molecule has 25 heavy (non-hydrogen) atoms. The zero-order valence-electron chi connectivity index (χ0n) is 12.7. The van der Waals surface area contributed by atoms with Crippen LogP contribution in [0.1, 0.15) is 15.9 Å². The van der Waals surface area contributed by atoms with E-state index in [0.29, 0.717) is 16.8 Å². The summed E-state index contributed by atoms with van der Waals surface area (Å²) in [6, 6.07) is 7.92. The Morgan fingerprint density at radius 2 is 1.72 bits per heavy atom. The lowest BCUT2D eigenvalue weighted by Gasteiger charge is -2.24. The second-order valence-corrected chi connectivity index (χ2v) is 5.35. The average molecular weight is 397 g/mol. The molecule has 9 heteroatoms. The molecule has 0 radical (unpaired) electrons.